The van der Waals surface area contributed by atoms with E-state index in [1.54, 1.807) is 23.1 Å². The Morgan fingerprint density at radius 3 is 2.95 bits per heavy atom. The van der Waals surface area contributed by atoms with Gasteiger partial charge in [0.15, 0.2) is 0 Å². The number of fused-ring (bicyclic) bond motifs is 1. The van der Waals surface area contributed by atoms with Crippen LogP contribution < -0.4 is 5.73 Å². The van der Waals surface area contributed by atoms with Crippen molar-refractivity contribution in [2.24, 2.45) is 5.73 Å². The SMILES string of the molecule is N=C(N)c1cc2c(nc1Sc1cccs1)CCCC2. The van der Waals surface area contributed by atoms with Gasteiger partial charge in [-0.1, -0.05) is 17.8 Å². The van der Waals surface area contributed by atoms with Gasteiger partial charge in [0.25, 0.3) is 0 Å². The summed E-state index contributed by atoms with van der Waals surface area (Å²) in [5.41, 5.74) is 8.95. The standard InChI is InChI=1S/C14H15N3S2/c15-13(16)10-8-9-4-1-2-5-11(9)17-14(10)19-12-6-3-7-18-12/h3,6-8H,1-2,4-5H2,(H3,15,16). The van der Waals surface area contributed by atoms with E-state index < -0.39 is 0 Å². The van der Waals surface area contributed by atoms with Gasteiger partial charge < -0.3 is 5.73 Å². The van der Waals surface area contributed by atoms with E-state index in [-0.39, 0.29) is 5.84 Å². The molecule has 1 aliphatic rings. The molecular weight excluding hydrogens is 274 g/mol. The first kappa shape index (κ1) is 12.7. The van der Waals surface area contributed by atoms with Gasteiger partial charge in [-0.25, -0.2) is 4.98 Å². The van der Waals surface area contributed by atoms with Crippen molar-refractivity contribution in [2.75, 3.05) is 0 Å². The molecule has 2 aromatic rings. The maximum Gasteiger partial charge on any atom is 0.125 e. The quantitative estimate of drug-likeness (QED) is 0.672. The second-order valence-electron chi connectivity index (χ2n) is 4.60. The van der Waals surface area contributed by atoms with Crippen LogP contribution in [0.5, 0.6) is 0 Å². The molecule has 3 rings (SSSR count). The molecule has 0 aliphatic heterocycles. The maximum absolute atomic E-state index is 7.75. The van der Waals surface area contributed by atoms with Crippen LogP contribution in [0.2, 0.25) is 0 Å². The number of aromatic nitrogens is 1. The highest BCUT2D eigenvalue weighted by atomic mass is 32.2. The molecule has 19 heavy (non-hydrogen) atoms. The van der Waals surface area contributed by atoms with Gasteiger partial charge in [-0.15, -0.1) is 11.3 Å². The van der Waals surface area contributed by atoms with Crippen LogP contribution in [0.3, 0.4) is 0 Å². The third kappa shape index (κ3) is 2.67. The van der Waals surface area contributed by atoms with Crippen molar-refractivity contribution in [3.05, 3.63) is 40.4 Å². The summed E-state index contributed by atoms with van der Waals surface area (Å²) < 4.78 is 1.19. The van der Waals surface area contributed by atoms with Crippen molar-refractivity contribution in [3.63, 3.8) is 0 Å². The monoisotopic (exact) mass is 289 g/mol. The second-order valence-corrected chi connectivity index (χ2v) is 6.84. The molecule has 0 aromatic carbocycles. The molecule has 98 valence electrons. The molecule has 0 atom stereocenters. The number of amidine groups is 1. The van der Waals surface area contributed by atoms with Crippen molar-refractivity contribution in [2.45, 2.75) is 34.9 Å². The maximum atomic E-state index is 7.75. The first-order valence-corrected chi connectivity index (χ1v) is 8.02. The number of rotatable bonds is 3. The lowest BCUT2D eigenvalue weighted by molar-refractivity contribution is 0.660. The molecule has 3 nitrogen and oxygen atoms in total. The van der Waals surface area contributed by atoms with Gasteiger partial charge >= 0.3 is 0 Å². The van der Waals surface area contributed by atoms with E-state index in [2.05, 4.69) is 12.1 Å². The number of nitrogens with one attached hydrogen (secondary N) is 1. The van der Waals surface area contributed by atoms with Crippen molar-refractivity contribution in [1.29, 1.82) is 5.41 Å². The van der Waals surface area contributed by atoms with E-state index in [1.807, 2.05) is 11.4 Å². The predicted molar refractivity (Wildman–Crippen MR) is 80.3 cm³/mol. The summed E-state index contributed by atoms with van der Waals surface area (Å²) >= 11 is 3.30. The Labute approximate surface area is 120 Å². The summed E-state index contributed by atoms with van der Waals surface area (Å²) in [6, 6.07) is 6.17. The molecule has 0 saturated carbocycles. The summed E-state index contributed by atoms with van der Waals surface area (Å²) in [7, 11) is 0. The third-order valence-corrected chi connectivity index (χ3v) is 5.29. The average molecular weight is 289 g/mol. The van der Waals surface area contributed by atoms with Gasteiger partial charge in [0, 0.05) is 11.3 Å². The highest BCUT2D eigenvalue weighted by Crippen LogP contribution is 2.34. The predicted octanol–water partition coefficient (Wildman–Crippen LogP) is 3.46. The van der Waals surface area contributed by atoms with Gasteiger partial charge in [0.1, 0.15) is 10.9 Å². The normalized spacial score (nSPS) is 14.1. The second kappa shape index (κ2) is 5.35. The largest absolute Gasteiger partial charge is 0.384 e. The molecule has 0 amide bonds. The van der Waals surface area contributed by atoms with E-state index in [0.717, 1.165) is 23.4 Å². The lowest BCUT2D eigenvalue weighted by Crippen LogP contribution is -2.16. The Balaban J connectivity index is 2.03. The molecule has 1 aliphatic carbocycles. The lowest BCUT2D eigenvalue weighted by atomic mass is 9.95. The van der Waals surface area contributed by atoms with Crippen LogP contribution in [0.15, 0.2) is 32.8 Å². The van der Waals surface area contributed by atoms with Gasteiger partial charge in [0.2, 0.25) is 0 Å². The van der Waals surface area contributed by atoms with E-state index >= 15 is 0 Å². The Bertz CT molecular complexity index is 605. The zero-order valence-corrected chi connectivity index (χ0v) is 12.1. The molecule has 0 spiro atoms. The molecule has 0 bridgehead atoms. The molecule has 0 saturated heterocycles. The minimum Gasteiger partial charge on any atom is -0.384 e. The van der Waals surface area contributed by atoms with Crippen molar-refractivity contribution < 1.29 is 0 Å². The van der Waals surface area contributed by atoms with Crippen molar-refractivity contribution in [1.82, 2.24) is 4.98 Å². The summed E-state index contributed by atoms with van der Waals surface area (Å²) in [4.78, 5) is 4.76. The fourth-order valence-electron chi connectivity index (χ4n) is 2.30. The number of nitrogen functional groups attached to an aromatic ring is 1. The number of hydrogen-bond donors (Lipinski definition) is 2. The molecule has 5 heteroatoms. The van der Waals surface area contributed by atoms with Crippen LogP contribution in [0.1, 0.15) is 29.7 Å². The number of hydrogen-bond acceptors (Lipinski definition) is 4. The van der Waals surface area contributed by atoms with Crippen LogP contribution in [0, 0.1) is 5.41 Å². The summed E-state index contributed by atoms with van der Waals surface area (Å²) in [6.45, 7) is 0. The first-order chi connectivity index (χ1) is 9.24. The molecule has 2 heterocycles. The van der Waals surface area contributed by atoms with Gasteiger partial charge in [-0.05, 0) is 48.8 Å². The number of thiophene rings is 1. The Morgan fingerprint density at radius 1 is 1.37 bits per heavy atom. The molecular formula is C14H15N3S2. The number of nitrogens with zero attached hydrogens (tertiary/aromatic N) is 1. The first-order valence-electron chi connectivity index (χ1n) is 6.32. The van der Waals surface area contributed by atoms with Crippen molar-refractivity contribution in [3.8, 4) is 0 Å². The van der Waals surface area contributed by atoms with Gasteiger partial charge in [0.05, 0.1) is 4.21 Å². The Hall–Kier alpha value is -1.33. The summed E-state index contributed by atoms with van der Waals surface area (Å²) in [6.07, 6.45) is 4.53. The lowest BCUT2D eigenvalue weighted by Gasteiger charge is -2.17. The van der Waals surface area contributed by atoms with Crippen LogP contribution in [-0.4, -0.2) is 10.8 Å². The zero-order chi connectivity index (χ0) is 13.2. The fourth-order valence-corrected chi connectivity index (χ4v) is 4.12. The van der Waals surface area contributed by atoms with E-state index in [9.17, 15) is 0 Å². The highest BCUT2D eigenvalue weighted by molar-refractivity contribution is 8.01. The summed E-state index contributed by atoms with van der Waals surface area (Å²) in [5.74, 6) is 0.111. The number of nitrogens with two attached hydrogens (primary N) is 1. The topological polar surface area (TPSA) is 62.8 Å². The van der Waals surface area contributed by atoms with E-state index in [4.69, 9.17) is 16.1 Å². The molecule has 2 aromatic heterocycles. The third-order valence-electron chi connectivity index (χ3n) is 3.25. The van der Waals surface area contributed by atoms with E-state index in [0.29, 0.717) is 0 Å². The molecule has 3 N–H and O–H groups in total. The molecule has 0 unspecified atom stereocenters. The van der Waals surface area contributed by atoms with E-state index in [1.165, 1.54) is 28.3 Å². The smallest absolute Gasteiger partial charge is 0.125 e. The van der Waals surface area contributed by atoms with Gasteiger partial charge in [-0.2, -0.15) is 0 Å². The van der Waals surface area contributed by atoms with Crippen LogP contribution in [0.4, 0.5) is 0 Å². The highest BCUT2D eigenvalue weighted by Gasteiger charge is 2.17. The molecule has 0 fully saturated rings. The molecule has 0 radical (unpaired) electrons. The number of aryl methyl sites for hydroxylation is 2. The van der Waals surface area contributed by atoms with Crippen molar-refractivity contribution >= 4 is 28.9 Å². The zero-order valence-electron chi connectivity index (χ0n) is 10.5. The fraction of sp³-hybridized carbons (Fsp3) is 0.286. The number of pyridine rings is 1. The minimum absolute atomic E-state index is 0.111. The van der Waals surface area contributed by atoms with Crippen LogP contribution >= 0.6 is 23.1 Å². The Kier molecular flexibility index (Phi) is 3.57. The van der Waals surface area contributed by atoms with Crippen LogP contribution in [0.25, 0.3) is 0 Å². The summed E-state index contributed by atoms with van der Waals surface area (Å²) in [5, 5.41) is 10.7. The Morgan fingerprint density at radius 2 is 2.21 bits per heavy atom. The van der Waals surface area contributed by atoms with Crippen LogP contribution in [-0.2, 0) is 12.8 Å². The average Bonchev–Trinajstić information content (AvgIpc) is 2.90. The minimum atomic E-state index is 0.111. The van der Waals surface area contributed by atoms with Gasteiger partial charge in [-0.3, -0.25) is 5.41 Å².